The largest absolute Gasteiger partial charge is 0.490 e. The van der Waals surface area contributed by atoms with Gasteiger partial charge in [-0.1, -0.05) is 36.4 Å². The summed E-state index contributed by atoms with van der Waals surface area (Å²) in [5.74, 6) is 0.900. The first kappa shape index (κ1) is 12.7. The third kappa shape index (κ3) is 2.52. The third-order valence-electron chi connectivity index (χ3n) is 3.42. The summed E-state index contributed by atoms with van der Waals surface area (Å²) in [7, 11) is 0. The zero-order valence-electron chi connectivity index (χ0n) is 11.8. The Bertz CT molecular complexity index is 703. The number of fused-ring (bicyclic) bond motifs is 1. The van der Waals surface area contributed by atoms with Crippen LogP contribution < -0.4 is 4.74 Å². The van der Waals surface area contributed by atoms with Crippen LogP contribution in [0.3, 0.4) is 0 Å². The Balaban J connectivity index is 1.81. The van der Waals surface area contributed by atoms with Gasteiger partial charge in [0.1, 0.15) is 5.75 Å². The Hall–Kier alpha value is -2.29. The number of aromatic nitrogens is 2. The normalized spacial score (nSPS) is 12.5. The predicted octanol–water partition coefficient (Wildman–Crippen LogP) is 3.88. The Morgan fingerprint density at radius 1 is 1.10 bits per heavy atom. The van der Waals surface area contributed by atoms with Gasteiger partial charge in [0, 0.05) is 12.1 Å². The van der Waals surface area contributed by atoms with Gasteiger partial charge in [0.2, 0.25) is 0 Å². The molecular formula is C17H18N2O. The van der Waals surface area contributed by atoms with E-state index >= 15 is 0 Å². The molecule has 20 heavy (non-hydrogen) atoms. The van der Waals surface area contributed by atoms with Crippen LogP contribution in [0.5, 0.6) is 5.75 Å². The fourth-order valence-corrected chi connectivity index (χ4v) is 2.49. The van der Waals surface area contributed by atoms with Gasteiger partial charge in [-0.3, -0.25) is 5.10 Å². The number of nitrogens with zero attached hydrogens (tertiary/aromatic N) is 1. The summed E-state index contributed by atoms with van der Waals surface area (Å²) in [6.45, 7) is 4.12. The van der Waals surface area contributed by atoms with Gasteiger partial charge in [-0.25, -0.2) is 0 Å². The van der Waals surface area contributed by atoms with E-state index in [0.717, 1.165) is 28.8 Å². The van der Waals surface area contributed by atoms with Crippen molar-refractivity contribution in [3.8, 4) is 5.75 Å². The Labute approximate surface area is 118 Å². The zero-order chi connectivity index (χ0) is 13.9. The number of aryl methyl sites for hydroxylation is 1. The summed E-state index contributed by atoms with van der Waals surface area (Å²) in [6, 6.07) is 16.4. The van der Waals surface area contributed by atoms with Gasteiger partial charge in [-0.15, -0.1) is 0 Å². The number of ether oxygens (including phenoxy) is 1. The molecule has 0 aliphatic heterocycles. The molecule has 0 aliphatic carbocycles. The predicted molar refractivity (Wildman–Crippen MR) is 81.1 cm³/mol. The fourth-order valence-electron chi connectivity index (χ4n) is 2.49. The highest BCUT2D eigenvalue weighted by Gasteiger charge is 2.11. The minimum absolute atomic E-state index is 0.122. The van der Waals surface area contributed by atoms with E-state index in [0.29, 0.717) is 0 Å². The van der Waals surface area contributed by atoms with E-state index in [1.807, 2.05) is 31.2 Å². The van der Waals surface area contributed by atoms with Crippen molar-refractivity contribution in [3.05, 3.63) is 59.8 Å². The summed E-state index contributed by atoms with van der Waals surface area (Å²) in [6.07, 6.45) is 1.02. The molecule has 3 nitrogen and oxygen atoms in total. The van der Waals surface area contributed by atoms with Crippen molar-refractivity contribution in [2.45, 2.75) is 26.4 Å². The maximum absolute atomic E-state index is 6.11. The molecule has 0 amide bonds. The molecule has 0 fully saturated rings. The SMILES string of the molecule is Cc1[nH]nc2cccc(O[C@H](C)Cc3ccccc3)c12. The van der Waals surface area contributed by atoms with Crippen LogP contribution >= 0.6 is 0 Å². The number of aromatic amines is 1. The van der Waals surface area contributed by atoms with Gasteiger partial charge < -0.3 is 4.74 Å². The summed E-state index contributed by atoms with van der Waals surface area (Å²) < 4.78 is 6.11. The summed E-state index contributed by atoms with van der Waals surface area (Å²) in [4.78, 5) is 0. The smallest absolute Gasteiger partial charge is 0.130 e. The molecule has 0 saturated heterocycles. The number of nitrogens with one attached hydrogen (secondary N) is 1. The molecule has 0 spiro atoms. The number of hydrogen-bond donors (Lipinski definition) is 1. The highest BCUT2D eigenvalue weighted by molar-refractivity contribution is 5.87. The van der Waals surface area contributed by atoms with Crippen LogP contribution in [0.2, 0.25) is 0 Å². The molecule has 2 aromatic carbocycles. The van der Waals surface area contributed by atoms with Crippen LogP contribution in [0.25, 0.3) is 10.9 Å². The summed E-state index contributed by atoms with van der Waals surface area (Å²) in [5.41, 5.74) is 3.28. The maximum Gasteiger partial charge on any atom is 0.130 e. The monoisotopic (exact) mass is 266 g/mol. The minimum Gasteiger partial charge on any atom is -0.490 e. The van der Waals surface area contributed by atoms with Crippen molar-refractivity contribution in [2.24, 2.45) is 0 Å². The van der Waals surface area contributed by atoms with E-state index in [2.05, 4.69) is 41.4 Å². The lowest BCUT2D eigenvalue weighted by atomic mass is 10.1. The molecule has 0 unspecified atom stereocenters. The molecule has 3 aromatic rings. The van der Waals surface area contributed by atoms with E-state index < -0.39 is 0 Å². The molecule has 0 saturated carbocycles. The molecule has 1 N–H and O–H groups in total. The van der Waals surface area contributed by atoms with Gasteiger partial charge in [0.25, 0.3) is 0 Å². The van der Waals surface area contributed by atoms with Crippen molar-refractivity contribution in [1.82, 2.24) is 10.2 Å². The first-order valence-corrected chi connectivity index (χ1v) is 6.88. The first-order chi connectivity index (χ1) is 9.74. The molecule has 0 aliphatic rings. The van der Waals surface area contributed by atoms with E-state index in [4.69, 9.17) is 4.74 Å². The number of rotatable bonds is 4. The molecule has 1 heterocycles. The van der Waals surface area contributed by atoms with E-state index in [1.165, 1.54) is 5.56 Å². The van der Waals surface area contributed by atoms with Crippen molar-refractivity contribution in [2.75, 3.05) is 0 Å². The number of benzene rings is 2. The second kappa shape index (κ2) is 5.37. The van der Waals surface area contributed by atoms with E-state index in [9.17, 15) is 0 Å². The molecule has 0 radical (unpaired) electrons. The second-order valence-electron chi connectivity index (χ2n) is 5.12. The average Bonchev–Trinajstić information content (AvgIpc) is 2.83. The quantitative estimate of drug-likeness (QED) is 0.778. The van der Waals surface area contributed by atoms with Crippen LogP contribution in [0.4, 0.5) is 0 Å². The number of H-pyrrole nitrogens is 1. The van der Waals surface area contributed by atoms with Crippen molar-refractivity contribution in [1.29, 1.82) is 0 Å². The molecule has 1 aromatic heterocycles. The van der Waals surface area contributed by atoms with Gasteiger partial charge in [0.05, 0.1) is 17.0 Å². The Morgan fingerprint density at radius 2 is 1.90 bits per heavy atom. The van der Waals surface area contributed by atoms with Gasteiger partial charge in [0.15, 0.2) is 0 Å². The van der Waals surface area contributed by atoms with Crippen LogP contribution in [0.1, 0.15) is 18.2 Å². The van der Waals surface area contributed by atoms with Crippen LogP contribution in [0.15, 0.2) is 48.5 Å². The topological polar surface area (TPSA) is 37.9 Å². The van der Waals surface area contributed by atoms with Crippen LogP contribution in [0, 0.1) is 6.92 Å². The highest BCUT2D eigenvalue weighted by atomic mass is 16.5. The Morgan fingerprint density at radius 3 is 2.70 bits per heavy atom. The lowest BCUT2D eigenvalue weighted by molar-refractivity contribution is 0.225. The Kier molecular flexibility index (Phi) is 3.42. The third-order valence-corrected chi connectivity index (χ3v) is 3.42. The number of hydrogen-bond acceptors (Lipinski definition) is 2. The molecular weight excluding hydrogens is 248 g/mol. The summed E-state index contributed by atoms with van der Waals surface area (Å²) >= 11 is 0. The summed E-state index contributed by atoms with van der Waals surface area (Å²) in [5, 5.41) is 8.35. The fraction of sp³-hybridized carbons (Fsp3) is 0.235. The molecule has 1 atom stereocenters. The first-order valence-electron chi connectivity index (χ1n) is 6.88. The van der Waals surface area contributed by atoms with Crippen LogP contribution in [-0.2, 0) is 6.42 Å². The maximum atomic E-state index is 6.11. The van der Waals surface area contributed by atoms with E-state index in [1.54, 1.807) is 0 Å². The zero-order valence-corrected chi connectivity index (χ0v) is 11.8. The molecule has 0 bridgehead atoms. The molecule has 3 heteroatoms. The minimum atomic E-state index is 0.122. The lowest BCUT2D eigenvalue weighted by Crippen LogP contribution is -2.15. The molecule has 3 rings (SSSR count). The van der Waals surface area contributed by atoms with E-state index in [-0.39, 0.29) is 6.10 Å². The lowest BCUT2D eigenvalue weighted by Gasteiger charge is -2.15. The highest BCUT2D eigenvalue weighted by Crippen LogP contribution is 2.28. The van der Waals surface area contributed by atoms with Crippen molar-refractivity contribution >= 4 is 10.9 Å². The van der Waals surface area contributed by atoms with Crippen molar-refractivity contribution < 1.29 is 4.74 Å². The second-order valence-corrected chi connectivity index (χ2v) is 5.12. The average molecular weight is 266 g/mol. The standard InChI is InChI=1S/C17H18N2O/c1-12(11-14-7-4-3-5-8-14)20-16-10-6-9-15-17(16)13(2)18-19-15/h3-10,12H,11H2,1-2H3,(H,18,19)/t12-/m1/s1. The van der Waals surface area contributed by atoms with Gasteiger partial charge in [-0.05, 0) is 31.5 Å². The van der Waals surface area contributed by atoms with Crippen molar-refractivity contribution in [3.63, 3.8) is 0 Å². The van der Waals surface area contributed by atoms with Gasteiger partial charge >= 0.3 is 0 Å². The molecule has 102 valence electrons. The van der Waals surface area contributed by atoms with Crippen LogP contribution in [-0.4, -0.2) is 16.3 Å². The van der Waals surface area contributed by atoms with Gasteiger partial charge in [-0.2, -0.15) is 5.10 Å².